The van der Waals surface area contributed by atoms with E-state index < -0.39 is 21.7 Å². The molecule has 2 N–H and O–H groups in total. The zero-order chi connectivity index (χ0) is 18.9. The van der Waals surface area contributed by atoms with Crippen molar-refractivity contribution in [3.05, 3.63) is 53.3 Å². The van der Waals surface area contributed by atoms with Crippen LogP contribution in [0.3, 0.4) is 0 Å². The van der Waals surface area contributed by atoms with Crippen LogP contribution in [0.15, 0.2) is 45.7 Å². The third kappa shape index (κ3) is 4.05. The second-order valence-corrected chi connectivity index (χ2v) is 8.33. The van der Waals surface area contributed by atoms with Gasteiger partial charge in [-0.25, -0.2) is 4.39 Å². The monoisotopic (exact) mass is 393 g/mol. The van der Waals surface area contributed by atoms with Gasteiger partial charge in [0, 0.05) is 5.69 Å². The molecule has 0 radical (unpaired) electrons. The van der Waals surface area contributed by atoms with Crippen LogP contribution in [0.1, 0.15) is 11.1 Å². The van der Waals surface area contributed by atoms with E-state index in [1.807, 2.05) is 6.92 Å². The number of amides is 1. The summed E-state index contributed by atoms with van der Waals surface area (Å²) >= 11 is 0.958. The predicted octanol–water partition coefficient (Wildman–Crippen LogP) is 3.28. The number of amidine groups is 1. The third-order valence-electron chi connectivity index (χ3n) is 3.65. The number of nitrogens with one attached hydrogen (secondary N) is 2. The minimum atomic E-state index is -3.80. The van der Waals surface area contributed by atoms with Gasteiger partial charge >= 0.3 is 0 Å². The molecule has 0 saturated carbocycles. The van der Waals surface area contributed by atoms with Gasteiger partial charge in [-0.15, -0.1) is 4.40 Å². The van der Waals surface area contributed by atoms with Gasteiger partial charge in [-0.2, -0.15) is 8.42 Å². The lowest BCUT2D eigenvalue weighted by Gasteiger charge is -2.18. The summed E-state index contributed by atoms with van der Waals surface area (Å²) in [6, 6.07) is 9.29. The summed E-state index contributed by atoms with van der Waals surface area (Å²) in [7, 11) is -3.80. The van der Waals surface area contributed by atoms with Crippen molar-refractivity contribution in [1.29, 1.82) is 0 Å². The Morgan fingerprint density at radius 2 is 2.00 bits per heavy atom. The molecular weight excluding hydrogens is 377 g/mol. The highest BCUT2D eigenvalue weighted by Crippen LogP contribution is 2.30. The zero-order valence-corrected chi connectivity index (χ0v) is 15.7. The van der Waals surface area contributed by atoms with Gasteiger partial charge in [0.25, 0.3) is 10.0 Å². The Hall–Kier alpha value is -2.39. The second-order valence-electron chi connectivity index (χ2n) is 5.80. The number of aryl methyl sites for hydroxylation is 2. The van der Waals surface area contributed by atoms with Crippen molar-refractivity contribution in [2.24, 2.45) is 4.40 Å². The number of carbonyl (C=O) groups is 1. The number of rotatable bonds is 3. The van der Waals surface area contributed by atoms with Gasteiger partial charge in [0.15, 0.2) is 5.17 Å². The van der Waals surface area contributed by atoms with E-state index in [9.17, 15) is 17.6 Å². The number of carbonyl (C=O) groups excluding carboxylic acids is 1. The number of hydrogen-bond acceptors (Lipinski definition) is 5. The Labute approximate surface area is 155 Å². The highest BCUT2D eigenvalue weighted by molar-refractivity contribution is 8.15. The number of thioether (sulfide) groups is 1. The van der Waals surface area contributed by atoms with Crippen molar-refractivity contribution in [1.82, 2.24) is 0 Å². The van der Waals surface area contributed by atoms with Crippen LogP contribution < -0.4 is 10.6 Å². The molecule has 1 aliphatic rings. The fourth-order valence-corrected chi connectivity index (χ4v) is 4.34. The molecule has 2 aromatic rings. The maximum atomic E-state index is 13.5. The molecule has 0 aromatic heterocycles. The molecule has 0 fully saturated rings. The molecule has 1 heterocycles. The quantitative estimate of drug-likeness (QED) is 0.836. The SMILES string of the molecule is Cc1ccc2c(c1)NC(SCC(=O)Nc1ccc(C)c(F)c1)=NS2(=O)=O. The first-order valence-electron chi connectivity index (χ1n) is 7.66. The van der Waals surface area contributed by atoms with E-state index in [1.54, 1.807) is 31.2 Å². The lowest BCUT2D eigenvalue weighted by atomic mass is 10.2. The van der Waals surface area contributed by atoms with Crippen LogP contribution in [0.25, 0.3) is 0 Å². The van der Waals surface area contributed by atoms with Gasteiger partial charge < -0.3 is 10.6 Å². The summed E-state index contributed by atoms with van der Waals surface area (Å²) in [4.78, 5) is 12.1. The van der Waals surface area contributed by atoms with Gasteiger partial charge in [0.05, 0.1) is 11.4 Å². The van der Waals surface area contributed by atoms with E-state index in [4.69, 9.17) is 0 Å². The fraction of sp³-hybridized carbons (Fsp3) is 0.176. The first kappa shape index (κ1) is 18.4. The normalized spacial score (nSPS) is 14.8. The summed E-state index contributed by atoms with van der Waals surface area (Å²) in [5, 5.41) is 5.61. The fourth-order valence-electron chi connectivity index (χ4n) is 2.33. The summed E-state index contributed by atoms with van der Waals surface area (Å²) in [5.41, 5.74) is 2.16. The average Bonchev–Trinajstić information content (AvgIpc) is 2.55. The van der Waals surface area contributed by atoms with Crippen molar-refractivity contribution < 1.29 is 17.6 Å². The zero-order valence-electron chi connectivity index (χ0n) is 14.0. The molecule has 26 heavy (non-hydrogen) atoms. The van der Waals surface area contributed by atoms with Gasteiger partial charge in [0.2, 0.25) is 5.91 Å². The number of benzene rings is 2. The molecular formula is C17H16FN3O3S2. The number of nitrogens with zero attached hydrogens (tertiary/aromatic N) is 1. The van der Waals surface area contributed by atoms with E-state index >= 15 is 0 Å². The Kier molecular flexibility index (Phi) is 5.01. The Bertz CT molecular complexity index is 1020. The first-order chi connectivity index (χ1) is 12.2. The van der Waals surface area contributed by atoms with Crippen LogP contribution in [0.5, 0.6) is 0 Å². The maximum absolute atomic E-state index is 13.5. The Balaban J connectivity index is 1.67. The minimum absolute atomic E-state index is 0.0714. The summed E-state index contributed by atoms with van der Waals surface area (Å²) in [5.74, 6) is -0.875. The molecule has 0 unspecified atom stereocenters. The minimum Gasteiger partial charge on any atom is -0.333 e. The van der Waals surface area contributed by atoms with Crippen LogP contribution in [-0.4, -0.2) is 25.2 Å². The standard InChI is InChI=1S/C17H16FN3O3S2/c1-10-3-6-15-14(7-10)20-17(21-26(15,23)24)25-9-16(22)19-12-5-4-11(2)13(18)8-12/h3-8H,9H2,1-2H3,(H,19,22)(H,20,21). The van der Waals surface area contributed by atoms with E-state index in [-0.39, 0.29) is 15.8 Å². The predicted molar refractivity (Wildman–Crippen MR) is 102 cm³/mol. The van der Waals surface area contributed by atoms with E-state index in [0.29, 0.717) is 16.9 Å². The van der Waals surface area contributed by atoms with Crippen molar-refractivity contribution >= 4 is 44.2 Å². The Morgan fingerprint density at radius 1 is 1.23 bits per heavy atom. The molecule has 0 aliphatic carbocycles. The van der Waals surface area contributed by atoms with Crippen LogP contribution in [0, 0.1) is 19.7 Å². The van der Waals surface area contributed by atoms with Gasteiger partial charge in [-0.05, 0) is 49.2 Å². The van der Waals surface area contributed by atoms with Gasteiger partial charge in [0.1, 0.15) is 10.7 Å². The summed E-state index contributed by atoms with van der Waals surface area (Å²) in [6.07, 6.45) is 0. The highest BCUT2D eigenvalue weighted by atomic mass is 32.2. The molecule has 0 saturated heterocycles. The summed E-state index contributed by atoms with van der Waals surface area (Å²) < 4.78 is 41.6. The van der Waals surface area contributed by atoms with Gasteiger partial charge in [-0.3, -0.25) is 4.79 Å². The molecule has 9 heteroatoms. The van der Waals surface area contributed by atoms with Crippen LogP contribution in [0.4, 0.5) is 15.8 Å². The molecule has 136 valence electrons. The molecule has 0 atom stereocenters. The van der Waals surface area contributed by atoms with Crippen molar-refractivity contribution in [3.8, 4) is 0 Å². The van der Waals surface area contributed by atoms with Crippen LogP contribution in [-0.2, 0) is 14.8 Å². The number of fused-ring (bicyclic) bond motifs is 1. The smallest absolute Gasteiger partial charge is 0.286 e. The lowest BCUT2D eigenvalue weighted by molar-refractivity contribution is -0.113. The summed E-state index contributed by atoms with van der Waals surface area (Å²) in [6.45, 7) is 3.48. The lowest BCUT2D eigenvalue weighted by Crippen LogP contribution is -2.22. The molecule has 1 aliphatic heterocycles. The Morgan fingerprint density at radius 3 is 2.73 bits per heavy atom. The van der Waals surface area contributed by atoms with Crippen molar-refractivity contribution in [2.75, 3.05) is 16.4 Å². The van der Waals surface area contributed by atoms with Crippen LogP contribution in [0.2, 0.25) is 0 Å². The molecule has 1 amide bonds. The number of hydrogen-bond donors (Lipinski definition) is 2. The topological polar surface area (TPSA) is 87.6 Å². The third-order valence-corrected chi connectivity index (χ3v) is 5.98. The van der Waals surface area contributed by atoms with Crippen LogP contribution >= 0.6 is 11.8 Å². The second kappa shape index (κ2) is 7.08. The maximum Gasteiger partial charge on any atom is 0.286 e. The molecule has 0 spiro atoms. The number of halogens is 1. The molecule has 3 rings (SSSR count). The van der Waals surface area contributed by atoms with E-state index in [2.05, 4.69) is 15.0 Å². The van der Waals surface area contributed by atoms with Gasteiger partial charge in [-0.1, -0.05) is 23.9 Å². The number of sulfonamides is 1. The highest BCUT2D eigenvalue weighted by Gasteiger charge is 2.25. The van der Waals surface area contributed by atoms with Crippen molar-refractivity contribution in [3.63, 3.8) is 0 Å². The largest absolute Gasteiger partial charge is 0.333 e. The van der Waals surface area contributed by atoms with E-state index in [1.165, 1.54) is 12.1 Å². The first-order valence-corrected chi connectivity index (χ1v) is 10.1. The average molecular weight is 393 g/mol. The molecule has 0 bridgehead atoms. The number of anilines is 2. The molecule has 6 nitrogen and oxygen atoms in total. The van der Waals surface area contributed by atoms with Crippen molar-refractivity contribution in [2.45, 2.75) is 18.7 Å². The molecule has 2 aromatic carbocycles. The van der Waals surface area contributed by atoms with E-state index in [0.717, 1.165) is 17.3 Å².